The number of fused-ring (bicyclic) bond motifs is 3. The first-order chi connectivity index (χ1) is 7.23. The largest absolute Gasteiger partial charge is 0.159 e. The molecular formula is C12H20BPSi. The highest BCUT2D eigenvalue weighted by Crippen LogP contribution is 2.65. The van der Waals surface area contributed by atoms with Crippen molar-refractivity contribution in [1.29, 1.82) is 0 Å². The van der Waals surface area contributed by atoms with E-state index in [1.54, 1.807) is 41.8 Å². The second kappa shape index (κ2) is 3.46. The Balaban J connectivity index is 1.94. The van der Waals surface area contributed by atoms with E-state index in [1.165, 1.54) is 0 Å². The van der Waals surface area contributed by atoms with Gasteiger partial charge in [-0.3, -0.25) is 0 Å². The van der Waals surface area contributed by atoms with E-state index >= 15 is 0 Å². The van der Waals surface area contributed by atoms with Gasteiger partial charge in [0.15, 0.2) is 0 Å². The van der Waals surface area contributed by atoms with Gasteiger partial charge in [0.25, 0.3) is 0 Å². The molecule has 0 atom stereocenters. The van der Waals surface area contributed by atoms with Gasteiger partial charge in [-0.15, -0.1) is 0 Å². The van der Waals surface area contributed by atoms with Crippen molar-refractivity contribution < 1.29 is 0 Å². The van der Waals surface area contributed by atoms with Crippen LogP contribution in [-0.4, -0.2) is 34.1 Å². The molecule has 80 valence electrons. The minimum atomic E-state index is -0.946. The summed E-state index contributed by atoms with van der Waals surface area (Å²) in [4.78, 5) is 0. The third-order valence-electron chi connectivity index (χ3n) is 4.11. The van der Waals surface area contributed by atoms with Crippen LogP contribution in [0.3, 0.4) is 0 Å². The lowest BCUT2D eigenvalue weighted by atomic mass is 10.4. The molecule has 0 aromatic heterocycles. The van der Waals surface area contributed by atoms with Gasteiger partial charge in [0.05, 0.1) is 8.07 Å². The molecule has 0 N–H and O–H groups in total. The molecule has 0 radical (unpaired) electrons. The van der Waals surface area contributed by atoms with Crippen molar-refractivity contribution in [3.05, 3.63) is 30.3 Å². The minimum Gasteiger partial charge on any atom is -0.159 e. The summed E-state index contributed by atoms with van der Waals surface area (Å²) >= 11 is 0. The van der Waals surface area contributed by atoms with Crippen LogP contribution in [-0.2, 0) is 0 Å². The zero-order chi connectivity index (χ0) is 10.4. The molecule has 3 aliphatic rings. The molecule has 3 heterocycles. The van der Waals surface area contributed by atoms with Crippen LogP contribution in [0.15, 0.2) is 30.3 Å². The molecule has 4 rings (SSSR count). The second-order valence-corrected chi connectivity index (χ2v) is 12.1. The monoisotopic (exact) mass is 234 g/mol. The van der Waals surface area contributed by atoms with Gasteiger partial charge < -0.3 is 0 Å². The predicted octanol–water partition coefficient (Wildman–Crippen LogP) is 1.67. The Morgan fingerprint density at radius 2 is 1.47 bits per heavy atom. The van der Waals surface area contributed by atoms with Crippen LogP contribution >= 0.6 is 7.14 Å². The van der Waals surface area contributed by atoms with Crippen molar-refractivity contribution in [3.63, 3.8) is 0 Å². The van der Waals surface area contributed by atoms with Crippen molar-refractivity contribution in [2.75, 3.05) is 18.5 Å². The van der Waals surface area contributed by atoms with E-state index in [-0.39, 0.29) is 7.14 Å². The number of benzene rings is 1. The molecule has 3 fully saturated rings. The molecule has 1 aromatic carbocycles. The van der Waals surface area contributed by atoms with Crippen LogP contribution in [0.1, 0.15) is 0 Å². The van der Waals surface area contributed by atoms with Crippen LogP contribution in [0.2, 0.25) is 18.1 Å². The Bertz CT molecular complexity index is 341. The Morgan fingerprint density at radius 3 is 2.00 bits per heavy atom. The van der Waals surface area contributed by atoms with E-state index < -0.39 is 8.07 Å². The van der Waals surface area contributed by atoms with E-state index in [9.17, 15) is 0 Å². The lowest BCUT2D eigenvalue weighted by molar-refractivity contribution is 1.09. The quantitative estimate of drug-likeness (QED) is 0.512. The standard InChI is InChI=1S/C12H20BPSi/c13-14-6-9-15(10-7-14,11-8-14)12-4-2-1-3-5-12/h1-5H,6-11H2,13H3. The molecule has 0 aliphatic carbocycles. The Hall–Kier alpha value is -0.0682. The molecular weight excluding hydrogens is 214 g/mol. The highest BCUT2D eigenvalue weighted by Gasteiger charge is 2.49. The van der Waals surface area contributed by atoms with E-state index in [1.807, 2.05) is 0 Å². The highest BCUT2D eigenvalue weighted by molar-refractivity contribution is 7.98. The number of hydrogen-bond acceptors (Lipinski definition) is 0. The molecule has 0 saturated carbocycles. The highest BCUT2D eigenvalue weighted by atomic mass is 31.2. The lowest BCUT2D eigenvalue weighted by Gasteiger charge is -2.50. The average Bonchev–Trinajstić information content (AvgIpc) is 2.32. The maximum Gasteiger partial charge on any atom is 0.126 e. The van der Waals surface area contributed by atoms with Gasteiger partial charge >= 0.3 is 0 Å². The van der Waals surface area contributed by atoms with Crippen molar-refractivity contribution >= 4 is 28.0 Å². The van der Waals surface area contributed by atoms with Crippen LogP contribution in [0.4, 0.5) is 0 Å². The van der Waals surface area contributed by atoms with Gasteiger partial charge in [-0.2, -0.15) is 7.14 Å². The summed E-state index contributed by atoms with van der Waals surface area (Å²) < 4.78 is 0. The first kappa shape index (κ1) is 10.1. The Labute approximate surface area is 95.2 Å². The van der Waals surface area contributed by atoms with E-state index in [0.29, 0.717) is 7.57 Å². The fourth-order valence-corrected chi connectivity index (χ4v) is 15.2. The topological polar surface area (TPSA) is 0 Å². The summed E-state index contributed by atoms with van der Waals surface area (Å²) in [6.45, 7) is 0. The summed E-state index contributed by atoms with van der Waals surface area (Å²) in [5.41, 5.74) is 0. The summed E-state index contributed by atoms with van der Waals surface area (Å²) in [7, 11) is -0.405. The zero-order valence-corrected chi connectivity index (χ0v) is 10.5. The first-order valence-electron chi connectivity index (χ1n) is 5.67. The van der Waals surface area contributed by atoms with Gasteiger partial charge in [-0.1, -0.05) is 35.5 Å². The van der Waals surface area contributed by atoms with Crippen molar-refractivity contribution in [2.24, 2.45) is 0 Å². The van der Waals surface area contributed by atoms with E-state index in [4.69, 9.17) is 0 Å². The lowest BCUT2D eigenvalue weighted by Crippen LogP contribution is -2.55. The predicted molar refractivity (Wildman–Crippen MR) is 77.7 cm³/mol. The molecule has 1 aromatic rings. The van der Waals surface area contributed by atoms with Crippen LogP contribution in [0.25, 0.3) is 0 Å². The molecule has 0 spiro atoms. The summed E-state index contributed by atoms with van der Waals surface area (Å²) in [6.07, 6.45) is 5.19. The van der Waals surface area contributed by atoms with Crippen LogP contribution in [0.5, 0.6) is 0 Å². The van der Waals surface area contributed by atoms with E-state index in [2.05, 4.69) is 30.3 Å². The Morgan fingerprint density at radius 1 is 0.933 bits per heavy atom. The molecule has 0 nitrogen and oxygen atoms in total. The zero-order valence-electron chi connectivity index (χ0n) is 8.58. The SMILES string of the molecule is [BH3-][P+]12CC[Si](c3ccccc3)(CC1)CC2. The third-order valence-corrected chi connectivity index (χ3v) is 13.1. The number of rotatable bonds is 1. The van der Waals surface area contributed by atoms with Gasteiger partial charge in [0, 0.05) is 18.5 Å². The van der Waals surface area contributed by atoms with Gasteiger partial charge in [-0.05, 0) is 18.1 Å². The molecule has 3 saturated heterocycles. The third kappa shape index (κ3) is 1.63. The summed E-state index contributed by atoms with van der Waals surface area (Å²) in [5.74, 6) is 0. The molecule has 2 bridgehead atoms. The molecule has 15 heavy (non-hydrogen) atoms. The molecule has 0 amide bonds. The van der Waals surface area contributed by atoms with Crippen molar-refractivity contribution in [3.8, 4) is 0 Å². The van der Waals surface area contributed by atoms with Gasteiger partial charge in [-0.25, -0.2) is 0 Å². The summed E-state index contributed by atoms with van der Waals surface area (Å²) in [6, 6.07) is 16.6. The smallest absolute Gasteiger partial charge is 0.126 e. The van der Waals surface area contributed by atoms with Crippen LogP contribution < -0.4 is 5.19 Å². The molecule has 0 unspecified atom stereocenters. The maximum atomic E-state index is 2.44. The van der Waals surface area contributed by atoms with Crippen molar-refractivity contribution in [1.82, 2.24) is 0 Å². The fourth-order valence-electron chi connectivity index (χ4n) is 3.05. The average molecular weight is 234 g/mol. The minimum absolute atomic E-state index is 0.157. The molecule has 3 aliphatic heterocycles. The van der Waals surface area contributed by atoms with Crippen molar-refractivity contribution in [2.45, 2.75) is 18.1 Å². The summed E-state index contributed by atoms with van der Waals surface area (Å²) in [5, 5.41) is 1.79. The normalized spacial score (nSPS) is 39.3. The maximum absolute atomic E-state index is 2.44. The second-order valence-electron chi connectivity index (χ2n) is 4.74. The Kier molecular flexibility index (Phi) is 2.34. The van der Waals surface area contributed by atoms with Crippen LogP contribution in [0, 0.1) is 0 Å². The van der Waals surface area contributed by atoms with E-state index in [0.717, 1.165) is 0 Å². The molecule has 3 heteroatoms. The van der Waals surface area contributed by atoms with Gasteiger partial charge in [0.2, 0.25) is 0 Å². The fraction of sp³-hybridized carbons (Fsp3) is 0.500. The first-order valence-corrected chi connectivity index (χ1v) is 10.2. The number of hydrogen-bond donors (Lipinski definition) is 0. The van der Waals surface area contributed by atoms with Gasteiger partial charge in [0.1, 0.15) is 7.57 Å².